The van der Waals surface area contributed by atoms with Crippen molar-refractivity contribution in [3.05, 3.63) is 53.6 Å². The fourth-order valence-electron chi connectivity index (χ4n) is 2.03. The number of hydrogen-bond acceptors (Lipinski definition) is 5. The van der Waals surface area contributed by atoms with Crippen molar-refractivity contribution in [2.45, 2.75) is 6.92 Å². The second-order valence-electron chi connectivity index (χ2n) is 4.76. The van der Waals surface area contributed by atoms with Crippen LogP contribution < -0.4 is 14.9 Å². The fourth-order valence-corrected chi connectivity index (χ4v) is 2.03. The number of ether oxygens (including phenoxy) is 2. The molecule has 0 aromatic heterocycles. The molecule has 1 aliphatic heterocycles. The minimum atomic E-state index is -0.349. The molecular weight excluding hydrogens is 284 g/mol. The van der Waals surface area contributed by atoms with Crippen molar-refractivity contribution >= 4 is 11.6 Å². The first kappa shape index (κ1) is 13.9. The van der Waals surface area contributed by atoms with Crippen LogP contribution in [0.15, 0.2) is 47.6 Å². The summed E-state index contributed by atoms with van der Waals surface area (Å²) in [5.74, 6) is 0.962. The van der Waals surface area contributed by atoms with Crippen LogP contribution in [0.2, 0.25) is 0 Å². The van der Waals surface area contributed by atoms with Crippen molar-refractivity contribution in [3.63, 3.8) is 0 Å². The third kappa shape index (κ3) is 2.85. The number of rotatable bonds is 3. The summed E-state index contributed by atoms with van der Waals surface area (Å²) in [5, 5.41) is 13.5. The molecule has 0 atom stereocenters. The SMILES string of the molecule is CC(=NNC(=O)c1ccc2c(c1)OCO2)c1cccc(O)c1. The van der Waals surface area contributed by atoms with Crippen molar-refractivity contribution in [2.75, 3.05) is 6.79 Å². The molecular formula is C16H14N2O4. The summed E-state index contributed by atoms with van der Waals surface area (Å²) < 4.78 is 10.4. The molecule has 22 heavy (non-hydrogen) atoms. The lowest BCUT2D eigenvalue weighted by Gasteiger charge is -2.04. The van der Waals surface area contributed by atoms with E-state index in [9.17, 15) is 9.90 Å². The number of nitrogens with one attached hydrogen (secondary N) is 1. The van der Waals surface area contributed by atoms with Gasteiger partial charge in [0.05, 0.1) is 5.71 Å². The molecule has 0 radical (unpaired) electrons. The topological polar surface area (TPSA) is 80.2 Å². The molecule has 1 amide bonds. The molecule has 1 heterocycles. The molecule has 112 valence electrons. The van der Waals surface area contributed by atoms with E-state index in [-0.39, 0.29) is 18.4 Å². The highest BCUT2D eigenvalue weighted by Crippen LogP contribution is 2.32. The molecule has 0 aliphatic carbocycles. The van der Waals surface area contributed by atoms with Crippen LogP contribution in [0.5, 0.6) is 17.2 Å². The summed E-state index contributed by atoms with van der Waals surface area (Å²) in [6, 6.07) is 11.6. The molecule has 0 saturated carbocycles. The lowest BCUT2D eigenvalue weighted by atomic mass is 10.1. The highest BCUT2D eigenvalue weighted by molar-refractivity contribution is 6.01. The van der Waals surface area contributed by atoms with Crippen LogP contribution in [0.25, 0.3) is 0 Å². The van der Waals surface area contributed by atoms with E-state index in [0.29, 0.717) is 22.8 Å². The number of carbonyl (C=O) groups excluding carboxylic acids is 1. The summed E-state index contributed by atoms with van der Waals surface area (Å²) in [5.41, 5.74) is 4.22. The van der Waals surface area contributed by atoms with Crippen molar-refractivity contribution in [3.8, 4) is 17.2 Å². The highest BCUT2D eigenvalue weighted by Gasteiger charge is 2.16. The number of hydrogen-bond donors (Lipinski definition) is 2. The molecule has 1 aliphatic rings. The lowest BCUT2D eigenvalue weighted by molar-refractivity contribution is 0.0954. The van der Waals surface area contributed by atoms with Crippen LogP contribution in [-0.2, 0) is 0 Å². The molecule has 2 aromatic rings. The average Bonchev–Trinajstić information content (AvgIpc) is 2.99. The molecule has 0 bridgehead atoms. The molecule has 0 saturated heterocycles. The van der Waals surface area contributed by atoms with Crippen molar-refractivity contribution in [1.29, 1.82) is 0 Å². The Morgan fingerprint density at radius 3 is 2.77 bits per heavy atom. The minimum absolute atomic E-state index is 0.147. The van der Waals surface area contributed by atoms with Crippen LogP contribution in [0, 0.1) is 0 Å². The zero-order valence-corrected chi connectivity index (χ0v) is 11.9. The van der Waals surface area contributed by atoms with Crippen molar-refractivity contribution in [1.82, 2.24) is 5.43 Å². The van der Waals surface area contributed by atoms with Gasteiger partial charge in [0.1, 0.15) is 5.75 Å². The Labute approximate surface area is 127 Å². The normalized spacial score (nSPS) is 13.0. The second-order valence-corrected chi connectivity index (χ2v) is 4.76. The van der Waals surface area contributed by atoms with Gasteiger partial charge in [0.15, 0.2) is 11.5 Å². The predicted octanol–water partition coefficient (Wildman–Crippen LogP) is 2.27. The van der Waals surface area contributed by atoms with Gasteiger partial charge in [-0.15, -0.1) is 0 Å². The Hall–Kier alpha value is -3.02. The third-order valence-electron chi connectivity index (χ3n) is 3.22. The number of nitrogens with zero attached hydrogens (tertiary/aromatic N) is 1. The molecule has 3 rings (SSSR count). The molecule has 6 nitrogen and oxygen atoms in total. The summed E-state index contributed by atoms with van der Waals surface area (Å²) >= 11 is 0. The number of carbonyl (C=O) groups is 1. The van der Waals surface area contributed by atoms with E-state index in [1.165, 1.54) is 0 Å². The maximum Gasteiger partial charge on any atom is 0.271 e. The number of phenolic OH excluding ortho intramolecular Hbond substituents is 1. The smallest absolute Gasteiger partial charge is 0.271 e. The van der Waals surface area contributed by atoms with Gasteiger partial charge in [-0.25, -0.2) is 5.43 Å². The van der Waals surface area contributed by atoms with Crippen molar-refractivity contribution < 1.29 is 19.4 Å². The van der Waals surface area contributed by atoms with Gasteiger partial charge in [-0.3, -0.25) is 4.79 Å². The first-order chi connectivity index (χ1) is 10.6. The number of phenols is 1. The van der Waals surface area contributed by atoms with Gasteiger partial charge in [0.2, 0.25) is 6.79 Å². The molecule has 2 aromatic carbocycles. The first-order valence-corrected chi connectivity index (χ1v) is 6.67. The summed E-state index contributed by atoms with van der Waals surface area (Å²) in [6.45, 7) is 1.91. The highest BCUT2D eigenvalue weighted by atomic mass is 16.7. The van der Waals surface area contributed by atoms with Gasteiger partial charge in [0, 0.05) is 11.1 Å². The standard InChI is InChI=1S/C16H14N2O4/c1-10(11-3-2-4-13(19)7-11)17-18-16(20)12-5-6-14-15(8-12)22-9-21-14/h2-8,19H,9H2,1H3,(H,18,20). The third-order valence-corrected chi connectivity index (χ3v) is 3.22. The van der Waals surface area contributed by atoms with E-state index in [1.807, 2.05) is 0 Å². The number of benzene rings is 2. The van der Waals surface area contributed by atoms with Crippen LogP contribution in [-0.4, -0.2) is 23.5 Å². The molecule has 0 fully saturated rings. The quantitative estimate of drug-likeness (QED) is 0.673. The van der Waals surface area contributed by atoms with E-state index in [1.54, 1.807) is 49.4 Å². The summed E-state index contributed by atoms with van der Waals surface area (Å²) in [4.78, 5) is 12.1. The van der Waals surface area contributed by atoms with E-state index < -0.39 is 0 Å². The Balaban J connectivity index is 1.73. The minimum Gasteiger partial charge on any atom is -0.508 e. The van der Waals surface area contributed by atoms with Crippen LogP contribution in [0.1, 0.15) is 22.8 Å². The van der Waals surface area contributed by atoms with Gasteiger partial charge in [-0.1, -0.05) is 12.1 Å². The zero-order chi connectivity index (χ0) is 15.5. The Kier molecular flexibility index (Phi) is 3.65. The number of aromatic hydroxyl groups is 1. The average molecular weight is 298 g/mol. The van der Waals surface area contributed by atoms with Gasteiger partial charge in [-0.05, 0) is 37.3 Å². The van der Waals surface area contributed by atoms with Gasteiger partial charge in [0.25, 0.3) is 5.91 Å². The van der Waals surface area contributed by atoms with E-state index in [4.69, 9.17) is 9.47 Å². The van der Waals surface area contributed by atoms with Crippen molar-refractivity contribution in [2.24, 2.45) is 5.10 Å². The summed E-state index contributed by atoms with van der Waals surface area (Å²) in [7, 11) is 0. The molecule has 6 heteroatoms. The van der Waals surface area contributed by atoms with Crippen LogP contribution in [0.4, 0.5) is 0 Å². The van der Waals surface area contributed by atoms with Gasteiger partial charge < -0.3 is 14.6 Å². The Morgan fingerprint density at radius 2 is 1.95 bits per heavy atom. The number of fused-ring (bicyclic) bond motifs is 1. The van der Waals surface area contributed by atoms with Crippen LogP contribution >= 0.6 is 0 Å². The Morgan fingerprint density at radius 1 is 1.14 bits per heavy atom. The lowest BCUT2D eigenvalue weighted by Crippen LogP contribution is -2.19. The van der Waals surface area contributed by atoms with Gasteiger partial charge in [-0.2, -0.15) is 5.10 Å². The number of amides is 1. The summed E-state index contributed by atoms with van der Waals surface area (Å²) in [6.07, 6.45) is 0. The number of hydrazone groups is 1. The van der Waals surface area contributed by atoms with E-state index >= 15 is 0 Å². The Bertz CT molecular complexity index is 756. The van der Waals surface area contributed by atoms with Crippen LogP contribution in [0.3, 0.4) is 0 Å². The fraction of sp³-hybridized carbons (Fsp3) is 0.125. The first-order valence-electron chi connectivity index (χ1n) is 6.67. The molecule has 0 spiro atoms. The second kappa shape index (κ2) is 5.77. The molecule has 2 N–H and O–H groups in total. The predicted molar refractivity (Wildman–Crippen MR) is 80.3 cm³/mol. The maximum absolute atomic E-state index is 12.1. The maximum atomic E-state index is 12.1. The van der Waals surface area contributed by atoms with E-state index in [2.05, 4.69) is 10.5 Å². The monoisotopic (exact) mass is 298 g/mol. The molecule has 0 unspecified atom stereocenters. The largest absolute Gasteiger partial charge is 0.508 e. The van der Waals surface area contributed by atoms with E-state index in [0.717, 1.165) is 5.56 Å². The zero-order valence-electron chi connectivity index (χ0n) is 11.9. The van der Waals surface area contributed by atoms with Gasteiger partial charge >= 0.3 is 0 Å².